The first kappa shape index (κ1) is 24.6. The minimum atomic E-state index is -1.02. The lowest BCUT2D eigenvalue weighted by atomic mass is 10.0. The van der Waals surface area contributed by atoms with Crippen LogP contribution in [0.5, 0.6) is 0 Å². The predicted octanol–water partition coefficient (Wildman–Crippen LogP) is 2.54. The van der Waals surface area contributed by atoms with Crippen molar-refractivity contribution in [1.82, 2.24) is 15.2 Å². The third-order valence-electron chi connectivity index (χ3n) is 6.97. The first-order valence-electron chi connectivity index (χ1n) is 12.2. The number of anilines is 1. The standard InChI is InChI=1S/C26H36FN5O2/c1-34-21-8-12-32(13-9-21)11-7-18-2-4-19(5-3-18)14-20-15-25(22(16-30-20)26(28)33)31-24-6-10-29-17-23(24)27/h2-5,15-16,21,23-24,29H,6-14,17H2,1H3,(H2,28,33)(H,30,31)/t23-,24+/m0/s1. The van der Waals surface area contributed by atoms with Crippen LogP contribution in [0.25, 0.3) is 0 Å². The molecule has 0 unspecified atom stereocenters. The topological polar surface area (TPSA) is 92.5 Å². The van der Waals surface area contributed by atoms with Crippen LogP contribution in [0, 0.1) is 0 Å². The normalized spacial score (nSPS) is 21.9. The largest absolute Gasteiger partial charge is 0.381 e. The van der Waals surface area contributed by atoms with Gasteiger partial charge in [-0.05, 0) is 49.4 Å². The maximum Gasteiger partial charge on any atom is 0.252 e. The summed E-state index contributed by atoms with van der Waals surface area (Å²) in [5, 5.41) is 6.24. The molecule has 0 bridgehead atoms. The molecule has 1 aromatic heterocycles. The van der Waals surface area contributed by atoms with E-state index in [4.69, 9.17) is 10.5 Å². The lowest BCUT2D eigenvalue weighted by Crippen LogP contribution is -2.45. The molecule has 0 radical (unpaired) electrons. The fourth-order valence-electron chi connectivity index (χ4n) is 4.78. The lowest BCUT2D eigenvalue weighted by Gasteiger charge is -2.31. The summed E-state index contributed by atoms with van der Waals surface area (Å²) >= 11 is 0. The van der Waals surface area contributed by atoms with Gasteiger partial charge in [0.1, 0.15) is 6.17 Å². The Hall–Kier alpha value is -2.55. The van der Waals surface area contributed by atoms with Crippen molar-refractivity contribution >= 4 is 11.6 Å². The molecular weight excluding hydrogens is 433 g/mol. The number of rotatable bonds is 9. The molecule has 2 fully saturated rings. The summed E-state index contributed by atoms with van der Waals surface area (Å²) < 4.78 is 19.8. The zero-order valence-electron chi connectivity index (χ0n) is 19.9. The molecule has 4 rings (SSSR count). The highest BCUT2D eigenvalue weighted by Gasteiger charge is 2.26. The van der Waals surface area contributed by atoms with Crippen LogP contribution in [0.3, 0.4) is 0 Å². The Kier molecular flexibility index (Phi) is 8.48. The van der Waals surface area contributed by atoms with Crippen molar-refractivity contribution in [3.63, 3.8) is 0 Å². The molecule has 3 heterocycles. The van der Waals surface area contributed by atoms with Gasteiger partial charge in [-0.15, -0.1) is 0 Å². The number of nitrogens with two attached hydrogens (primary N) is 1. The molecule has 34 heavy (non-hydrogen) atoms. The van der Waals surface area contributed by atoms with Gasteiger partial charge in [-0.1, -0.05) is 24.3 Å². The van der Waals surface area contributed by atoms with E-state index in [0.29, 0.717) is 36.7 Å². The number of alkyl halides is 1. The molecule has 1 aromatic carbocycles. The van der Waals surface area contributed by atoms with Gasteiger partial charge in [-0.2, -0.15) is 0 Å². The van der Waals surface area contributed by atoms with Crippen LogP contribution in [0.2, 0.25) is 0 Å². The molecule has 2 aliphatic heterocycles. The number of methoxy groups -OCH3 is 1. The molecular formula is C26H36FN5O2. The van der Waals surface area contributed by atoms with Crippen molar-refractivity contribution in [2.24, 2.45) is 5.73 Å². The van der Waals surface area contributed by atoms with Crippen LogP contribution >= 0.6 is 0 Å². The number of hydrogen-bond acceptors (Lipinski definition) is 6. The predicted molar refractivity (Wildman–Crippen MR) is 132 cm³/mol. The zero-order valence-corrected chi connectivity index (χ0v) is 19.9. The first-order chi connectivity index (χ1) is 16.5. The Morgan fingerprint density at radius 1 is 1.24 bits per heavy atom. The summed E-state index contributed by atoms with van der Waals surface area (Å²) in [5.41, 5.74) is 9.65. The number of carbonyl (C=O) groups is 1. The number of pyridine rings is 1. The van der Waals surface area contributed by atoms with Gasteiger partial charge in [0.15, 0.2) is 0 Å². The van der Waals surface area contributed by atoms with Gasteiger partial charge in [-0.3, -0.25) is 9.78 Å². The number of piperidine rings is 2. The van der Waals surface area contributed by atoms with E-state index in [1.807, 2.05) is 6.07 Å². The summed E-state index contributed by atoms with van der Waals surface area (Å²) in [6.07, 6.45) is 5.40. The van der Waals surface area contributed by atoms with Gasteiger partial charge in [-0.25, -0.2) is 4.39 Å². The van der Waals surface area contributed by atoms with Crippen LogP contribution in [0.4, 0.5) is 10.1 Å². The zero-order chi connectivity index (χ0) is 23.9. The maximum absolute atomic E-state index is 14.3. The molecule has 0 saturated carbocycles. The summed E-state index contributed by atoms with van der Waals surface area (Å²) in [6.45, 7) is 4.30. The van der Waals surface area contributed by atoms with Crippen molar-refractivity contribution in [2.75, 3.05) is 45.2 Å². The average Bonchev–Trinajstić information content (AvgIpc) is 2.85. The second kappa shape index (κ2) is 11.7. The van der Waals surface area contributed by atoms with Crippen molar-refractivity contribution < 1.29 is 13.9 Å². The minimum absolute atomic E-state index is 0.291. The quantitative estimate of drug-likeness (QED) is 0.523. The molecule has 2 saturated heterocycles. The highest BCUT2D eigenvalue weighted by Crippen LogP contribution is 2.22. The van der Waals surface area contributed by atoms with Gasteiger partial charge >= 0.3 is 0 Å². The van der Waals surface area contributed by atoms with E-state index in [0.717, 1.165) is 56.7 Å². The van der Waals surface area contributed by atoms with Crippen LogP contribution < -0.4 is 16.4 Å². The van der Waals surface area contributed by atoms with Crippen LogP contribution in [-0.4, -0.2) is 73.9 Å². The number of likely N-dealkylation sites (tertiary alicyclic amines) is 1. The van der Waals surface area contributed by atoms with Crippen LogP contribution in [-0.2, 0) is 17.6 Å². The molecule has 8 heteroatoms. The molecule has 4 N–H and O–H groups in total. The van der Waals surface area contributed by atoms with Crippen molar-refractivity contribution in [3.05, 3.63) is 58.9 Å². The second-order valence-corrected chi connectivity index (χ2v) is 9.37. The van der Waals surface area contributed by atoms with Crippen LogP contribution in [0.1, 0.15) is 46.4 Å². The van der Waals surface area contributed by atoms with E-state index >= 15 is 0 Å². The Labute approximate surface area is 201 Å². The Morgan fingerprint density at radius 2 is 1.97 bits per heavy atom. The van der Waals surface area contributed by atoms with E-state index in [1.165, 1.54) is 11.8 Å². The van der Waals surface area contributed by atoms with Gasteiger partial charge in [0.05, 0.1) is 23.4 Å². The Bertz CT molecular complexity index is 947. The number of primary amides is 1. The SMILES string of the molecule is COC1CCN(CCc2ccc(Cc3cc(N[C@@H]4CCNC[C@@H]4F)c(C(N)=O)cn3)cc2)CC1. The molecule has 2 aromatic rings. The van der Waals surface area contributed by atoms with Crippen molar-refractivity contribution in [3.8, 4) is 0 Å². The number of halogens is 1. The molecule has 1 amide bonds. The lowest BCUT2D eigenvalue weighted by molar-refractivity contribution is 0.0415. The minimum Gasteiger partial charge on any atom is -0.381 e. The molecule has 2 aliphatic rings. The summed E-state index contributed by atoms with van der Waals surface area (Å²) in [5.74, 6) is -0.568. The van der Waals surface area contributed by atoms with E-state index in [1.54, 1.807) is 7.11 Å². The smallest absolute Gasteiger partial charge is 0.252 e. The highest BCUT2D eigenvalue weighted by atomic mass is 19.1. The van der Waals surface area contributed by atoms with E-state index in [2.05, 4.69) is 44.8 Å². The van der Waals surface area contributed by atoms with Gasteiger partial charge in [0, 0.05) is 51.6 Å². The van der Waals surface area contributed by atoms with Crippen molar-refractivity contribution in [1.29, 1.82) is 0 Å². The van der Waals surface area contributed by atoms with E-state index < -0.39 is 12.1 Å². The number of benzene rings is 1. The molecule has 184 valence electrons. The number of amides is 1. The number of nitrogens with one attached hydrogen (secondary N) is 2. The summed E-state index contributed by atoms with van der Waals surface area (Å²) in [4.78, 5) is 18.8. The van der Waals surface area contributed by atoms with E-state index in [9.17, 15) is 9.18 Å². The number of carbonyl (C=O) groups excluding carboxylic acids is 1. The molecule has 0 aliphatic carbocycles. The first-order valence-corrected chi connectivity index (χ1v) is 12.2. The second-order valence-electron chi connectivity index (χ2n) is 9.37. The maximum atomic E-state index is 14.3. The van der Waals surface area contributed by atoms with Gasteiger partial charge in [0.2, 0.25) is 0 Å². The van der Waals surface area contributed by atoms with Gasteiger partial charge < -0.3 is 26.0 Å². The van der Waals surface area contributed by atoms with Gasteiger partial charge in [0.25, 0.3) is 5.91 Å². The monoisotopic (exact) mass is 469 g/mol. The van der Waals surface area contributed by atoms with E-state index in [-0.39, 0.29) is 6.04 Å². The molecule has 7 nitrogen and oxygen atoms in total. The number of hydrogen-bond donors (Lipinski definition) is 3. The average molecular weight is 470 g/mol. The summed E-state index contributed by atoms with van der Waals surface area (Å²) in [6, 6.07) is 10.1. The highest BCUT2D eigenvalue weighted by molar-refractivity contribution is 5.98. The third-order valence-corrected chi connectivity index (χ3v) is 6.97. The van der Waals surface area contributed by atoms with Crippen LogP contribution in [0.15, 0.2) is 36.5 Å². The summed E-state index contributed by atoms with van der Waals surface area (Å²) in [7, 11) is 1.80. The fourth-order valence-corrected chi connectivity index (χ4v) is 4.78. The molecule has 0 spiro atoms. The van der Waals surface area contributed by atoms with Crippen molar-refractivity contribution in [2.45, 2.75) is 50.4 Å². The Morgan fingerprint density at radius 3 is 2.65 bits per heavy atom. The fraction of sp³-hybridized carbons (Fsp3) is 0.538. The third kappa shape index (κ3) is 6.52. The number of aromatic nitrogens is 1. The number of nitrogens with zero attached hydrogens (tertiary/aromatic N) is 2. The Balaban J connectivity index is 1.36. The number of ether oxygens (including phenoxy) is 1. The molecule has 2 atom stereocenters.